The summed E-state index contributed by atoms with van der Waals surface area (Å²) in [5.41, 5.74) is 5.94. The first-order chi connectivity index (χ1) is 9.54. The predicted octanol–water partition coefficient (Wildman–Crippen LogP) is 2.14. The summed E-state index contributed by atoms with van der Waals surface area (Å²) in [6.07, 6.45) is 0.618. The Morgan fingerprint density at radius 3 is 2.85 bits per heavy atom. The third-order valence-electron chi connectivity index (χ3n) is 3.57. The number of carbonyl (C=O) groups excluding carboxylic acids is 2. The van der Waals surface area contributed by atoms with E-state index in [2.05, 4.69) is 15.9 Å². The number of primary amides is 1. The normalized spacial score (nSPS) is 18.6. The Kier molecular flexibility index (Phi) is 3.25. The van der Waals surface area contributed by atoms with Gasteiger partial charge in [0.2, 0.25) is 5.91 Å². The van der Waals surface area contributed by atoms with Crippen LogP contribution in [-0.2, 0) is 4.79 Å². The van der Waals surface area contributed by atoms with Gasteiger partial charge in [0.15, 0.2) is 5.76 Å². The van der Waals surface area contributed by atoms with Crippen LogP contribution in [0.1, 0.15) is 17.0 Å². The van der Waals surface area contributed by atoms with Crippen LogP contribution in [0.3, 0.4) is 0 Å². The molecule has 1 aliphatic rings. The molecule has 6 heteroatoms. The zero-order valence-electron chi connectivity index (χ0n) is 10.6. The molecule has 2 heterocycles. The van der Waals surface area contributed by atoms with E-state index in [1.54, 1.807) is 11.0 Å². The standard InChI is InChI=1S/C14H13BrN2O3/c15-10-1-2-11-9(5-10)6-12(20-11)14(19)17-4-3-8(7-17)13(16)18/h1-2,5-6,8H,3-4,7H2,(H2,16,18). The molecular weight excluding hydrogens is 324 g/mol. The lowest BCUT2D eigenvalue weighted by atomic mass is 10.1. The van der Waals surface area contributed by atoms with E-state index in [0.717, 1.165) is 9.86 Å². The van der Waals surface area contributed by atoms with Crippen molar-refractivity contribution in [2.45, 2.75) is 6.42 Å². The Balaban J connectivity index is 1.84. The molecule has 0 aliphatic carbocycles. The number of likely N-dealkylation sites (tertiary alicyclic amines) is 1. The van der Waals surface area contributed by atoms with Crippen LogP contribution >= 0.6 is 15.9 Å². The van der Waals surface area contributed by atoms with Crippen molar-refractivity contribution in [1.29, 1.82) is 0 Å². The summed E-state index contributed by atoms with van der Waals surface area (Å²) in [5.74, 6) is -0.504. The molecule has 2 N–H and O–H groups in total. The number of halogens is 1. The van der Waals surface area contributed by atoms with Crippen molar-refractivity contribution in [2.24, 2.45) is 11.7 Å². The van der Waals surface area contributed by atoms with Gasteiger partial charge in [-0.1, -0.05) is 15.9 Å². The van der Waals surface area contributed by atoms with Gasteiger partial charge in [0, 0.05) is 22.9 Å². The minimum Gasteiger partial charge on any atom is -0.451 e. The van der Waals surface area contributed by atoms with Gasteiger partial charge in [-0.25, -0.2) is 0 Å². The quantitative estimate of drug-likeness (QED) is 0.912. The fourth-order valence-corrected chi connectivity index (χ4v) is 2.83. The van der Waals surface area contributed by atoms with Gasteiger partial charge in [-0.05, 0) is 30.7 Å². The van der Waals surface area contributed by atoms with Crippen molar-refractivity contribution < 1.29 is 14.0 Å². The van der Waals surface area contributed by atoms with Gasteiger partial charge >= 0.3 is 0 Å². The average molecular weight is 337 g/mol. The molecule has 1 saturated heterocycles. The van der Waals surface area contributed by atoms with Crippen LogP contribution in [0.5, 0.6) is 0 Å². The lowest BCUT2D eigenvalue weighted by Crippen LogP contribution is -2.31. The van der Waals surface area contributed by atoms with Crippen molar-refractivity contribution >= 4 is 38.7 Å². The second-order valence-corrected chi connectivity index (χ2v) is 5.85. The van der Waals surface area contributed by atoms with E-state index in [4.69, 9.17) is 10.2 Å². The molecule has 104 valence electrons. The van der Waals surface area contributed by atoms with Gasteiger partial charge in [0.05, 0.1) is 5.92 Å². The largest absolute Gasteiger partial charge is 0.451 e. The fourth-order valence-electron chi connectivity index (χ4n) is 2.45. The van der Waals surface area contributed by atoms with Gasteiger partial charge in [0.1, 0.15) is 5.58 Å². The van der Waals surface area contributed by atoms with E-state index < -0.39 is 0 Å². The molecule has 3 rings (SSSR count). The Morgan fingerprint density at radius 2 is 2.15 bits per heavy atom. The zero-order chi connectivity index (χ0) is 14.3. The second kappa shape index (κ2) is 4.94. The summed E-state index contributed by atoms with van der Waals surface area (Å²) in [4.78, 5) is 25.1. The van der Waals surface area contributed by atoms with Crippen molar-refractivity contribution in [3.05, 3.63) is 34.5 Å². The number of furan rings is 1. The molecule has 20 heavy (non-hydrogen) atoms. The molecule has 2 aromatic rings. The van der Waals surface area contributed by atoms with Crippen molar-refractivity contribution in [1.82, 2.24) is 4.90 Å². The summed E-state index contributed by atoms with van der Waals surface area (Å²) in [6, 6.07) is 7.29. The van der Waals surface area contributed by atoms with E-state index in [-0.39, 0.29) is 17.7 Å². The summed E-state index contributed by atoms with van der Waals surface area (Å²) in [7, 11) is 0. The molecule has 1 aliphatic heterocycles. The van der Waals surface area contributed by atoms with Gasteiger partial charge in [-0.2, -0.15) is 0 Å². The minimum atomic E-state index is -0.353. The maximum atomic E-state index is 12.3. The number of carbonyl (C=O) groups is 2. The van der Waals surface area contributed by atoms with Gasteiger partial charge in [-0.3, -0.25) is 9.59 Å². The maximum absolute atomic E-state index is 12.3. The number of fused-ring (bicyclic) bond motifs is 1. The van der Waals surface area contributed by atoms with E-state index in [9.17, 15) is 9.59 Å². The number of nitrogens with two attached hydrogens (primary N) is 1. The first kappa shape index (κ1) is 13.2. The molecule has 1 unspecified atom stereocenters. The molecule has 0 radical (unpaired) electrons. The van der Waals surface area contributed by atoms with E-state index in [1.165, 1.54) is 0 Å². The summed E-state index contributed by atoms with van der Waals surface area (Å²) in [6.45, 7) is 0.905. The molecule has 5 nitrogen and oxygen atoms in total. The highest BCUT2D eigenvalue weighted by Crippen LogP contribution is 2.25. The number of hydrogen-bond acceptors (Lipinski definition) is 3. The minimum absolute atomic E-state index is 0.193. The summed E-state index contributed by atoms with van der Waals surface area (Å²) >= 11 is 3.38. The van der Waals surface area contributed by atoms with Crippen LogP contribution in [-0.4, -0.2) is 29.8 Å². The fraction of sp³-hybridized carbons (Fsp3) is 0.286. The lowest BCUT2D eigenvalue weighted by molar-refractivity contribution is -0.121. The SMILES string of the molecule is NC(=O)C1CCN(C(=O)c2cc3cc(Br)ccc3o2)C1. The summed E-state index contributed by atoms with van der Waals surface area (Å²) in [5, 5.41) is 0.869. The highest BCUT2D eigenvalue weighted by molar-refractivity contribution is 9.10. The maximum Gasteiger partial charge on any atom is 0.289 e. The monoisotopic (exact) mass is 336 g/mol. The molecule has 0 spiro atoms. The number of nitrogens with zero attached hydrogens (tertiary/aromatic N) is 1. The van der Waals surface area contributed by atoms with Gasteiger partial charge in [0.25, 0.3) is 5.91 Å². The molecule has 1 atom stereocenters. The zero-order valence-corrected chi connectivity index (χ0v) is 12.2. The Labute approximate surface area is 123 Å². The number of benzene rings is 1. The number of rotatable bonds is 2. The average Bonchev–Trinajstić information content (AvgIpc) is 3.03. The Morgan fingerprint density at radius 1 is 1.35 bits per heavy atom. The second-order valence-electron chi connectivity index (χ2n) is 4.93. The van der Waals surface area contributed by atoms with E-state index in [1.807, 2.05) is 18.2 Å². The smallest absolute Gasteiger partial charge is 0.289 e. The highest BCUT2D eigenvalue weighted by atomic mass is 79.9. The lowest BCUT2D eigenvalue weighted by Gasteiger charge is -2.13. The van der Waals surface area contributed by atoms with Gasteiger partial charge in [-0.15, -0.1) is 0 Å². The van der Waals surface area contributed by atoms with Crippen molar-refractivity contribution in [3.63, 3.8) is 0 Å². The molecule has 1 fully saturated rings. The summed E-state index contributed by atoms with van der Waals surface area (Å²) < 4.78 is 6.50. The van der Waals surface area contributed by atoms with Gasteiger partial charge < -0.3 is 15.1 Å². The van der Waals surface area contributed by atoms with Crippen LogP contribution in [0, 0.1) is 5.92 Å². The molecular formula is C14H13BrN2O3. The Hall–Kier alpha value is -1.82. The number of hydrogen-bond donors (Lipinski definition) is 1. The first-order valence-corrected chi connectivity index (χ1v) is 7.11. The predicted molar refractivity (Wildman–Crippen MR) is 77.1 cm³/mol. The van der Waals surface area contributed by atoms with Crippen LogP contribution in [0.25, 0.3) is 11.0 Å². The van der Waals surface area contributed by atoms with E-state index >= 15 is 0 Å². The highest BCUT2D eigenvalue weighted by Gasteiger charge is 2.31. The topological polar surface area (TPSA) is 76.5 Å². The molecule has 0 bridgehead atoms. The third kappa shape index (κ3) is 2.31. The van der Waals surface area contributed by atoms with Crippen molar-refractivity contribution in [2.75, 3.05) is 13.1 Å². The van der Waals surface area contributed by atoms with Crippen molar-refractivity contribution in [3.8, 4) is 0 Å². The van der Waals surface area contributed by atoms with E-state index in [0.29, 0.717) is 30.9 Å². The molecule has 0 saturated carbocycles. The molecule has 2 amide bonds. The van der Waals surface area contributed by atoms with Crippen LogP contribution < -0.4 is 5.73 Å². The Bertz CT molecular complexity index is 695. The van der Waals surface area contributed by atoms with Crippen LogP contribution in [0.2, 0.25) is 0 Å². The van der Waals surface area contributed by atoms with Crippen LogP contribution in [0.4, 0.5) is 0 Å². The first-order valence-electron chi connectivity index (χ1n) is 6.32. The third-order valence-corrected chi connectivity index (χ3v) is 4.06. The van der Waals surface area contributed by atoms with Crippen LogP contribution in [0.15, 0.2) is 33.2 Å². The molecule has 1 aromatic heterocycles. The molecule has 1 aromatic carbocycles. The number of amides is 2.